The van der Waals surface area contributed by atoms with Crippen LogP contribution in [0, 0.1) is 26.2 Å². The normalized spacial score (nSPS) is 12.0. The molecular formula is C28H34N3+. The maximum absolute atomic E-state index is 5.06. The summed E-state index contributed by atoms with van der Waals surface area (Å²) in [5, 5.41) is 0. The van der Waals surface area contributed by atoms with Gasteiger partial charge in [-0.1, -0.05) is 39.0 Å². The van der Waals surface area contributed by atoms with Crippen LogP contribution in [0.4, 0.5) is 0 Å². The van der Waals surface area contributed by atoms with Gasteiger partial charge in [0.25, 0.3) is 0 Å². The van der Waals surface area contributed by atoms with E-state index in [-0.39, 0.29) is 5.41 Å². The van der Waals surface area contributed by atoms with Gasteiger partial charge < -0.3 is 4.57 Å². The number of aryl methyl sites for hydroxylation is 4. The first kappa shape index (κ1) is 21.3. The van der Waals surface area contributed by atoms with E-state index in [1.807, 2.05) is 0 Å². The lowest BCUT2D eigenvalue weighted by atomic mass is 9.87. The molecule has 0 saturated heterocycles. The van der Waals surface area contributed by atoms with Crippen molar-refractivity contribution in [2.24, 2.45) is 19.5 Å². The summed E-state index contributed by atoms with van der Waals surface area (Å²) in [6, 6.07) is 15.6. The molecule has 3 nitrogen and oxygen atoms in total. The van der Waals surface area contributed by atoms with Gasteiger partial charge in [-0.3, -0.25) is 0 Å². The third-order valence-corrected chi connectivity index (χ3v) is 6.12. The number of pyridine rings is 1. The second-order valence-electron chi connectivity index (χ2n) is 10.2. The van der Waals surface area contributed by atoms with Crippen molar-refractivity contribution in [3.05, 3.63) is 70.9 Å². The summed E-state index contributed by atoms with van der Waals surface area (Å²) in [6.07, 6.45) is 3.24. The van der Waals surface area contributed by atoms with Crippen molar-refractivity contribution in [1.29, 1.82) is 0 Å². The van der Waals surface area contributed by atoms with Gasteiger partial charge in [0.05, 0.1) is 11.0 Å². The Labute approximate surface area is 186 Å². The third kappa shape index (κ3) is 4.01. The van der Waals surface area contributed by atoms with Gasteiger partial charge in [0.2, 0.25) is 5.69 Å². The highest BCUT2D eigenvalue weighted by molar-refractivity contribution is 5.85. The monoisotopic (exact) mass is 412 g/mol. The van der Waals surface area contributed by atoms with Crippen LogP contribution in [0.3, 0.4) is 0 Å². The molecule has 0 saturated carbocycles. The van der Waals surface area contributed by atoms with Crippen LogP contribution < -0.4 is 4.57 Å². The standard InChI is InChI=1S/C28H34N3/c1-18-14-19(2)26-25(15-18)31(8)27(29-26)23-11-9-10-22(20(23)3)24-16-21(12-13-30(24)7)17-28(4,5)6/h9-16H,17H2,1-8H3/q+1. The van der Waals surface area contributed by atoms with Crippen molar-refractivity contribution in [2.75, 3.05) is 0 Å². The van der Waals surface area contributed by atoms with E-state index in [2.05, 4.69) is 113 Å². The topological polar surface area (TPSA) is 21.7 Å². The van der Waals surface area contributed by atoms with Gasteiger partial charge in [-0.05, 0) is 67.0 Å². The van der Waals surface area contributed by atoms with Gasteiger partial charge in [-0.15, -0.1) is 0 Å². The number of imidazole rings is 1. The number of aromatic nitrogens is 3. The molecule has 0 N–H and O–H groups in total. The minimum Gasteiger partial charge on any atom is -0.327 e. The summed E-state index contributed by atoms with van der Waals surface area (Å²) < 4.78 is 4.46. The quantitative estimate of drug-likeness (QED) is 0.365. The molecule has 160 valence electrons. The SMILES string of the molecule is Cc1cc(C)c2nc(-c3cccc(-c4cc(CC(C)(C)C)cc[n+]4C)c3C)n(C)c2c1. The van der Waals surface area contributed by atoms with Crippen molar-refractivity contribution in [3.8, 4) is 22.6 Å². The van der Waals surface area contributed by atoms with Crippen LogP contribution in [0.25, 0.3) is 33.7 Å². The number of hydrogen-bond donors (Lipinski definition) is 0. The lowest BCUT2D eigenvalue weighted by Crippen LogP contribution is -2.31. The number of rotatable bonds is 3. The average Bonchev–Trinajstić information content (AvgIpc) is 3.00. The summed E-state index contributed by atoms with van der Waals surface area (Å²) in [5.74, 6) is 1.02. The largest absolute Gasteiger partial charge is 0.327 e. The molecule has 0 aliphatic carbocycles. The zero-order chi connectivity index (χ0) is 22.5. The highest BCUT2D eigenvalue weighted by Crippen LogP contribution is 2.33. The zero-order valence-corrected chi connectivity index (χ0v) is 20.2. The predicted octanol–water partition coefficient (Wildman–Crippen LogP) is 6.25. The van der Waals surface area contributed by atoms with Gasteiger partial charge in [0.1, 0.15) is 12.9 Å². The minimum atomic E-state index is 0.261. The lowest BCUT2D eigenvalue weighted by Gasteiger charge is -2.18. The van der Waals surface area contributed by atoms with Gasteiger partial charge in [0, 0.05) is 30.3 Å². The van der Waals surface area contributed by atoms with Gasteiger partial charge in [-0.2, -0.15) is 0 Å². The molecule has 0 spiro atoms. The van der Waals surface area contributed by atoms with Crippen LogP contribution in [0.2, 0.25) is 0 Å². The molecule has 3 heteroatoms. The molecule has 4 rings (SSSR count). The first-order valence-electron chi connectivity index (χ1n) is 11.1. The Morgan fingerprint density at radius 2 is 1.68 bits per heavy atom. The molecule has 31 heavy (non-hydrogen) atoms. The van der Waals surface area contributed by atoms with Crippen molar-refractivity contribution in [3.63, 3.8) is 0 Å². The zero-order valence-electron chi connectivity index (χ0n) is 20.2. The van der Waals surface area contributed by atoms with Gasteiger partial charge >= 0.3 is 0 Å². The Balaban J connectivity index is 1.88. The van der Waals surface area contributed by atoms with E-state index in [9.17, 15) is 0 Å². The van der Waals surface area contributed by atoms with E-state index in [4.69, 9.17) is 4.98 Å². The molecule has 0 fully saturated rings. The van der Waals surface area contributed by atoms with Crippen LogP contribution in [0.5, 0.6) is 0 Å². The van der Waals surface area contributed by atoms with Crippen molar-refractivity contribution in [1.82, 2.24) is 9.55 Å². The van der Waals surface area contributed by atoms with E-state index < -0.39 is 0 Å². The molecule has 0 bridgehead atoms. The van der Waals surface area contributed by atoms with Crippen LogP contribution in [0.1, 0.15) is 43.0 Å². The lowest BCUT2D eigenvalue weighted by molar-refractivity contribution is -0.660. The first-order chi connectivity index (χ1) is 14.5. The molecule has 0 amide bonds. The van der Waals surface area contributed by atoms with Crippen LogP contribution >= 0.6 is 0 Å². The fourth-order valence-electron chi connectivity index (χ4n) is 4.63. The highest BCUT2D eigenvalue weighted by Gasteiger charge is 2.20. The Hall–Kier alpha value is -2.94. The summed E-state index contributed by atoms with van der Waals surface area (Å²) in [5.41, 5.74) is 11.4. The van der Waals surface area contributed by atoms with Crippen LogP contribution in [-0.2, 0) is 20.5 Å². The fraction of sp³-hybridized carbons (Fsp3) is 0.357. The van der Waals surface area contributed by atoms with Crippen molar-refractivity contribution < 1.29 is 4.57 Å². The maximum atomic E-state index is 5.06. The van der Waals surface area contributed by atoms with E-state index in [1.165, 1.54) is 44.6 Å². The van der Waals surface area contributed by atoms with E-state index >= 15 is 0 Å². The molecule has 0 atom stereocenters. The Morgan fingerprint density at radius 3 is 2.39 bits per heavy atom. The summed E-state index contributed by atoms with van der Waals surface area (Å²) in [6.45, 7) is 13.4. The predicted molar refractivity (Wildman–Crippen MR) is 130 cm³/mol. The molecule has 2 aromatic carbocycles. The molecule has 2 heterocycles. The number of hydrogen-bond acceptors (Lipinski definition) is 1. The first-order valence-corrected chi connectivity index (χ1v) is 11.1. The van der Waals surface area contributed by atoms with Gasteiger partial charge in [-0.25, -0.2) is 9.55 Å². The average molecular weight is 413 g/mol. The maximum Gasteiger partial charge on any atom is 0.212 e. The molecule has 2 aromatic heterocycles. The third-order valence-electron chi connectivity index (χ3n) is 6.12. The molecule has 4 aromatic rings. The molecule has 0 radical (unpaired) electrons. The Kier molecular flexibility index (Phi) is 5.25. The van der Waals surface area contributed by atoms with E-state index in [1.54, 1.807) is 0 Å². The summed E-state index contributed by atoms with van der Waals surface area (Å²) in [7, 11) is 4.25. The summed E-state index contributed by atoms with van der Waals surface area (Å²) in [4.78, 5) is 5.06. The Morgan fingerprint density at radius 1 is 0.968 bits per heavy atom. The molecule has 0 unspecified atom stereocenters. The van der Waals surface area contributed by atoms with Crippen molar-refractivity contribution >= 4 is 11.0 Å². The number of nitrogens with zero attached hydrogens (tertiary/aromatic N) is 3. The minimum absolute atomic E-state index is 0.261. The second-order valence-corrected chi connectivity index (χ2v) is 10.2. The van der Waals surface area contributed by atoms with E-state index in [0.29, 0.717) is 0 Å². The Bertz CT molecular complexity index is 1290. The van der Waals surface area contributed by atoms with Crippen molar-refractivity contribution in [2.45, 2.75) is 48.0 Å². The fourth-order valence-corrected chi connectivity index (χ4v) is 4.63. The molecular weight excluding hydrogens is 378 g/mol. The number of benzene rings is 2. The highest BCUT2D eigenvalue weighted by atomic mass is 15.1. The summed E-state index contributed by atoms with van der Waals surface area (Å²) >= 11 is 0. The smallest absolute Gasteiger partial charge is 0.212 e. The van der Waals surface area contributed by atoms with Crippen LogP contribution in [-0.4, -0.2) is 9.55 Å². The number of fused-ring (bicyclic) bond motifs is 1. The second kappa shape index (κ2) is 7.64. The van der Waals surface area contributed by atoms with E-state index in [0.717, 1.165) is 17.8 Å². The van der Waals surface area contributed by atoms with Gasteiger partial charge in [0.15, 0.2) is 6.20 Å². The molecule has 0 aliphatic rings. The van der Waals surface area contributed by atoms with Crippen LogP contribution in [0.15, 0.2) is 48.7 Å². The molecule has 0 aliphatic heterocycles.